The van der Waals surface area contributed by atoms with Gasteiger partial charge in [-0.05, 0) is 25.5 Å². The Bertz CT molecular complexity index is 570. The van der Waals surface area contributed by atoms with E-state index in [4.69, 9.17) is 5.73 Å². The normalized spacial score (nSPS) is 15.7. The first kappa shape index (κ1) is 20.3. The third-order valence-corrected chi connectivity index (χ3v) is 3.91. The number of carbonyl (C=O) groups is 2. The van der Waals surface area contributed by atoms with Crippen LogP contribution in [0.25, 0.3) is 0 Å². The SMILES string of the molecule is CC(N)CCC(=O)N1CCN(C(=O)c2c(F)cccc2F)CC1.Cl. The van der Waals surface area contributed by atoms with Gasteiger partial charge in [-0.25, -0.2) is 8.78 Å². The van der Waals surface area contributed by atoms with Crippen LogP contribution in [0, 0.1) is 11.6 Å². The number of carbonyl (C=O) groups excluding carboxylic acids is 2. The molecule has 1 unspecified atom stereocenters. The summed E-state index contributed by atoms with van der Waals surface area (Å²) in [6.07, 6.45) is 0.978. The zero-order chi connectivity index (χ0) is 17.0. The molecule has 1 aromatic rings. The molecule has 1 aliphatic heterocycles. The number of hydrogen-bond acceptors (Lipinski definition) is 3. The summed E-state index contributed by atoms with van der Waals surface area (Å²) in [6, 6.07) is 3.30. The Morgan fingerprint density at radius 3 is 2.12 bits per heavy atom. The standard InChI is InChI=1S/C16H21F2N3O2.ClH/c1-11(19)5-6-14(22)20-7-9-21(10-8-20)16(23)15-12(17)3-2-4-13(15)18;/h2-4,11H,5-10,19H2,1H3;1H. The Balaban J connectivity index is 0.00000288. The summed E-state index contributed by atoms with van der Waals surface area (Å²) < 4.78 is 27.3. The molecule has 2 rings (SSSR count). The molecule has 0 spiro atoms. The fraction of sp³-hybridized carbons (Fsp3) is 0.500. The predicted octanol–water partition coefficient (Wildman–Crippen LogP) is 1.80. The van der Waals surface area contributed by atoms with Gasteiger partial charge in [0.1, 0.15) is 17.2 Å². The molecule has 2 amide bonds. The molecule has 134 valence electrons. The summed E-state index contributed by atoms with van der Waals surface area (Å²) in [5, 5.41) is 0. The Morgan fingerprint density at radius 1 is 1.12 bits per heavy atom. The molecule has 1 heterocycles. The van der Waals surface area contributed by atoms with Crippen LogP contribution in [0.5, 0.6) is 0 Å². The molecule has 1 fully saturated rings. The maximum atomic E-state index is 13.7. The van der Waals surface area contributed by atoms with Gasteiger partial charge in [0, 0.05) is 38.6 Å². The van der Waals surface area contributed by atoms with Crippen molar-refractivity contribution in [2.24, 2.45) is 5.73 Å². The first-order chi connectivity index (χ1) is 10.9. The van der Waals surface area contributed by atoms with Gasteiger partial charge >= 0.3 is 0 Å². The van der Waals surface area contributed by atoms with Crippen molar-refractivity contribution in [3.8, 4) is 0 Å². The van der Waals surface area contributed by atoms with E-state index in [9.17, 15) is 18.4 Å². The van der Waals surface area contributed by atoms with Crippen molar-refractivity contribution in [3.05, 3.63) is 35.4 Å². The summed E-state index contributed by atoms with van der Waals surface area (Å²) in [4.78, 5) is 27.3. The number of nitrogens with two attached hydrogens (primary N) is 1. The average Bonchev–Trinajstić information content (AvgIpc) is 2.52. The van der Waals surface area contributed by atoms with Gasteiger partial charge in [0.05, 0.1) is 0 Å². The topological polar surface area (TPSA) is 66.6 Å². The zero-order valence-corrected chi connectivity index (χ0v) is 14.3. The largest absolute Gasteiger partial charge is 0.339 e. The van der Waals surface area contributed by atoms with Crippen molar-refractivity contribution in [1.82, 2.24) is 9.80 Å². The lowest BCUT2D eigenvalue weighted by Gasteiger charge is -2.35. The van der Waals surface area contributed by atoms with E-state index in [0.717, 1.165) is 12.1 Å². The van der Waals surface area contributed by atoms with Crippen molar-refractivity contribution in [2.75, 3.05) is 26.2 Å². The molecular formula is C16H22ClF2N3O2. The maximum absolute atomic E-state index is 13.7. The van der Waals surface area contributed by atoms with Crippen molar-refractivity contribution < 1.29 is 18.4 Å². The van der Waals surface area contributed by atoms with E-state index in [1.165, 1.54) is 11.0 Å². The molecule has 1 saturated heterocycles. The fourth-order valence-electron chi connectivity index (χ4n) is 2.53. The van der Waals surface area contributed by atoms with Crippen molar-refractivity contribution >= 4 is 24.2 Å². The average molecular weight is 362 g/mol. The van der Waals surface area contributed by atoms with Gasteiger partial charge in [0.15, 0.2) is 0 Å². The minimum atomic E-state index is -0.870. The summed E-state index contributed by atoms with van der Waals surface area (Å²) in [5.41, 5.74) is 5.09. The van der Waals surface area contributed by atoms with Gasteiger partial charge in [0.2, 0.25) is 5.91 Å². The van der Waals surface area contributed by atoms with Crippen LogP contribution < -0.4 is 5.73 Å². The van der Waals surface area contributed by atoms with Crippen LogP contribution >= 0.6 is 12.4 Å². The second-order valence-electron chi connectivity index (χ2n) is 5.79. The highest BCUT2D eigenvalue weighted by Gasteiger charge is 2.27. The van der Waals surface area contributed by atoms with Gasteiger partial charge < -0.3 is 15.5 Å². The Morgan fingerprint density at radius 2 is 1.62 bits per heavy atom. The number of hydrogen-bond donors (Lipinski definition) is 1. The van der Waals surface area contributed by atoms with E-state index >= 15 is 0 Å². The number of nitrogens with zero attached hydrogens (tertiary/aromatic N) is 2. The van der Waals surface area contributed by atoms with Crippen LogP contribution in [0.4, 0.5) is 8.78 Å². The zero-order valence-electron chi connectivity index (χ0n) is 13.5. The Hall–Kier alpha value is -1.73. The quantitative estimate of drug-likeness (QED) is 0.889. The third kappa shape index (κ3) is 4.88. The van der Waals surface area contributed by atoms with Gasteiger partial charge in [-0.15, -0.1) is 12.4 Å². The lowest BCUT2D eigenvalue weighted by atomic mass is 10.1. The molecule has 5 nitrogen and oxygen atoms in total. The molecular weight excluding hydrogens is 340 g/mol. The summed E-state index contributed by atoms with van der Waals surface area (Å²) in [7, 11) is 0. The van der Waals surface area contributed by atoms with Crippen LogP contribution in [-0.4, -0.2) is 53.8 Å². The highest BCUT2D eigenvalue weighted by molar-refractivity contribution is 5.95. The Kier molecular flexibility index (Phi) is 7.57. The molecule has 0 aromatic heterocycles. The lowest BCUT2D eigenvalue weighted by Crippen LogP contribution is -2.51. The van der Waals surface area contributed by atoms with E-state index in [-0.39, 0.29) is 37.4 Å². The monoisotopic (exact) mass is 361 g/mol. The molecule has 24 heavy (non-hydrogen) atoms. The van der Waals surface area contributed by atoms with Crippen molar-refractivity contribution in [2.45, 2.75) is 25.8 Å². The van der Waals surface area contributed by atoms with E-state index in [1.807, 2.05) is 6.92 Å². The van der Waals surface area contributed by atoms with Crippen LogP contribution in [0.1, 0.15) is 30.1 Å². The molecule has 0 radical (unpaired) electrons. The smallest absolute Gasteiger partial charge is 0.259 e. The molecule has 0 bridgehead atoms. The van der Waals surface area contributed by atoms with Gasteiger partial charge in [-0.1, -0.05) is 6.07 Å². The first-order valence-electron chi connectivity index (χ1n) is 7.66. The number of halogens is 3. The lowest BCUT2D eigenvalue weighted by molar-refractivity contribution is -0.132. The molecule has 0 saturated carbocycles. The maximum Gasteiger partial charge on any atom is 0.259 e. The minimum absolute atomic E-state index is 0. The number of benzene rings is 1. The molecule has 2 N–H and O–H groups in total. The van der Waals surface area contributed by atoms with Gasteiger partial charge in [-0.2, -0.15) is 0 Å². The van der Waals surface area contributed by atoms with Crippen LogP contribution in [0.3, 0.4) is 0 Å². The number of piperazine rings is 1. The first-order valence-corrected chi connectivity index (χ1v) is 7.66. The van der Waals surface area contributed by atoms with Crippen LogP contribution in [0.15, 0.2) is 18.2 Å². The van der Waals surface area contributed by atoms with E-state index in [1.54, 1.807) is 4.90 Å². The van der Waals surface area contributed by atoms with Crippen molar-refractivity contribution in [3.63, 3.8) is 0 Å². The summed E-state index contributed by atoms with van der Waals surface area (Å²) in [5.74, 6) is -2.43. The van der Waals surface area contributed by atoms with E-state index < -0.39 is 23.1 Å². The molecule has 1 aliphatic rings. The second-order valence-corrected chi connectivity index (χ2v) is 5.79. The molecule has 1 atom stereocenters. The predicted molar refractivity (Wildman–Crippen MR) is 89.0 cm³/mol. The van der Waals surface area contributed by atoms with Gasteiger partial charge in [0.25, 0.3) is 5.91 Å². The minimum Gasteiger partial charge on any atom is -0.339 e. The number of rotatable bonds is 4. The molecule has 0 aliphatic carbocycles. The highest BCUT2D eigenvalue weighted by Crippen LogP contribution is 2.16. The Labute approximate surface area is 146 Å². The summed E-state index contributed by atoms with van der Waals surface area (Å²) >= 11 is 0. The number of amides is 2. The summed E-state index contributed by atoms with van der Waals surface area (Å²) in [6.45, 7) is 3.08. The molecule has 8 heteroatoms. The van der Waals surface area contributed by atoms with E-state index in [2.05, 4.69) is 0 Å². The highest BCUT2D eigenvalue weighted by atomic mass is 35.5. The van der Waals surface area contributed by atoms with E-state index in [0.29, 0.717) is 25.9 Å². The van der Waals surface area contributed by atoms with Crippen LogP contribution in [0.2, 0.25) is 0 Å². The second kappa shape index (κ2) is 8.94. The third-order valence-electron chi connectivity index (χ3n) is 3.91. The molecule has 1 aromatic carbocycles. The van der Waals surface area contributed by atoms with Crippen LogP contribution in [-0.2, 0) is 4.79 Å². The fourth-order valence-corrected chi connectivity index (χ4v) is 2.53. The van der Waals surface area contributed by atoms with Crippen molar-refractivity contribution in [1.29, 1.82) is 0 Å². The van der Waals surface area contributed by atoms with Gasteiger partial charge in [-0.3, -0.25) is 9.59 Å².